The number of nitrogens with one attached hydrogen (secondary N) is 1. The lowest BCUT2D eigenvalue weighted by Gasteiger charge is -2.14. The van der Waals surface area contributed by atoms with E-state index in [1.807, 2.05) is 0 Å². The van der Waals surface area contributed by atoms with Crippen LogP contribution in [0.15, 0.2) is 17.2 Å². The Bertz CT molecular complexity index is 305. The van der Waals surface area contributed by atoms with Gasteiger partial charge in [-0.1, -0.05) is 0 Å². The summed E-state index contributed by atoms with van der Waals surface area (Å²) < 4.78 is 0. The molecule has 0 aliphatic heterocycles. The van der Waals surface area contributed by atoms with Crippen molar-refractivity contribution in [2.24, 2.45) is 5.73 Å². The lowest BCUT2D eigenvalue weighted by molar-refractivity contribution is 0.0239. The van der Waals surface area contributed by atoms with Gasteiger partial charge in [-0.15, -0.1) is 0 Å². The van der Waals surface area contributed by atoms with Crippen molar-refractivity contribution >= 4 is 0 Å². The number of aliphatic hydroxyl groups excluding tert-OH is 2. The average molecular weight is 185 g/mol. The normalized spacial score (nSPS) is 15.3. The molecule has 1 heterocycles. The van der Waals surface area contributed by atoms with E-state index in [1.165, 1.54) is 12.4 Å². The molecule has 0 radical (unpaired) electrons. The predicted molar refractivity (Wildman–Crippen MR) is 44.9 cm³/mol. The molecule has 0 amide bonds. The Kier molecular flexibility index (Phi) is 3.13. The smallest absolute Gasteiger partial charge is 0.344 e. The van der Waals surface area contributed by atoms with Gasteiger partial charge in [0, 0.05) is 24.5 Å². The zero-order valence-corrected chi connectivity index (χ0v) is 6.84. The van der Waals surface area contributed by atoms with Crippen molar-refractivity contribution in [1.82, 2.24) is 9.97 Å². The number of nitrogens with zero attached hydrogens (tertiary/aromatic N) is 1. The van der Waals surface area contributed by atoms with Gasteiger partial charge in [0.25, 0.3) is 0 Å². The SMILES string of the molecule is NCC(O)C(O)c1cnc(=O)[nH]c1. The molecule has 6 nitrogen and oxygen atoms in total. The zero-order chi connectivity index (χ0) is 9.84. The Morgan fingerprint density at radius 3 is 2.77 bits per heavy atom. The van der Waals surface area contributed by atoms with Crippen LogP contribution in [0.25, 0.3) is 0 Å². The first-order valence-corrected chi connectivity index (χ1v) is 3.76. The fourth-order valence-corrected chi connectivity index (χ4v) is 0.866. The summed E-state index contributed by atoms with van der Waals surface area (Å²) >= 11 is 0. The van der Waals surface area contributed by atoms with Gasteiger partial charge >= 0.3 is 5.69 Å². The van der Waals surface area contributed by atoms with Gasteiger partial charge in [-0.05, 0) is 0 Å². The van der Waals surface area contributed by atoms with Crippen LogP contribution in [0.3, 0.4) is 0 Å². The largest absolute Gasteiger partial charge is 0.389 e. The van der Waals surface area contributed by atoms with Crippen LogP contribution in [0.4, 0.5) is 0 Å². The molecule has 1 aromatic heterocycles. The van der Waals surface area contributed by atoms with Crippen LogP contribution in [0.1, 0.15) is 11.7 Å². The number of aromatic amines is 1. The minimum Gasteiger partial charge on any atom is -0.389 e. The van der Waals surface area contributed by atoms with E-state index in [9.17, 15) is 9.90 Å². The Morgan fingerprint density at radius 1 is 1.62 bits per heavy atom. The molecular formula is C7H11N3O3. The minimum atomic E-state index is -1.12. The van der Waals surface area contributed by atoms with Crippen LogP contribution in [0, 0.1) is 0 Å². The molecule has 0 bridgehead atoms. The Hall–Kier alpha value is -1.24. The van der Waals surface area contributed by atoms with E-state index >= 15 is 0 Å². The van der Waals surface area contributed by atoms with Crippen molar-refractivity contribution < 1.29 is 10.2 Å². The number of H-pyrrole nitrogens is 1. The van der Waals surface area contributed by atoms with Gasteiger partial charge in [0.15, 0.2) is 0 Å². The highest BCUT2D eigenvalue weighted by Crippen LogP contribution is 2.12. The molecule has 1 rings (SSSR count). The van der Waals surface area contributed by atoms with Gasteiger partial charge in [-0.25, -0.2) is 9.78 Å². The maximum atomic E-state index is 10.5. The summed E-state index contributed by atoms with van der Waals surface area (Å²) in [6.45, 7) is -0.0553. The highest BCUT2D eigenvalue weighted by atomic mass is 16.3. The third kappa shape index (κ3) is 2.35. The number of aromatic nitrogens is 2. The van der Waals surface area contributed by atoms with Gasteiger partial charge in [-0.2, -0.15) is 0 Å². The molecule has 0 saturated heterocycles. The number of nitrogens with two attached hydrogens (primary N) is 1. The highest BCUT2D eigenvalue weighted by Gasteiger charge is 2.16. The van der Waals surface area contributed by atoms with Crippen LogP contribution in [-0.2, 0) is 0 Å². The van der Waals surface area contributed by atoms with Crippen molar-refractivity contribution in [3.05, 3.63) is 28.4 Å². The number of hydrogen-bond donors (Lipinski definition) is 4. The molecule has 13 heavy (non-hydrogen) atoms. The Morgan fingerprint density at radius 2 is 2.31 bits per heavy atom. The second-order valence-corrected chi connectivity index (χ2v) is 2.60. The van der Waals surface area contributed by atoms with Crippen LogP contribution in [-0.4, -0.2) is 32.8 Å². The molecule has 0 aromatic carbocycles. The summed E-state index contributed by atoms with van der Waals surface area (Å²) in [5.74, 6) is 0. The molecule has 0 spiro atoms. The van der Waals surface area contributed by atoms with Crippen molar-refractivity contribution in [2.45, 2.75) is 12.2 Å². The van der Waals surface area contributed by atoms with Crippen molar-refractivity contribution in [3.63, 3.8) is 0 Å². The summed E-state index contributed by atoms with van der Waals surface area (Å²) in [6.07, 6.45) is 0.323. The van der Waals surface area contributed by atoms with Crippen LogP contribution in [0.5, 0.6) is 0 Å². The fraction of sp³-hybridized carbons (Fsp3) is 0.429. The van der Waals surface area contributed by atoms with E-state index in [1.54, 1.807) is 0 Å². The summed E-state index contributed by atoms with van der Waals surface area (Å²) in [5, 5.41) is 18.5. The Labute approximate surface area is 74.1 Å². The van der Waals surface area contributed by atoms with E-state index < -0.39 is 17.9 Å². The zero-order valence-electron chi connectivity index (χ0n) is 6.84. The molecule has 5 N–H and O–H groups in total. The minimum absolute atomic E-state index is 0.0553. The summed E-state index contributed by atoms with van der Waals surface area (Å²) in [5.41, 5.74) is 4.97. The van der Waals surface area contributed by atoms with Gasteiger partial charge in [0.05, 0.1) is 6.10 Å². The predicted octanol–water partition coefficient (Wildman–Crippen LogP) is -1.88. The standard InChI is InChI=1S/C7H11N3O3/c8-1-5(11)6(12)4-2-9-7(13)10-3-4/h2-3,5-6,11-12H,1,8H2,(H,9,10,13). The quantitative estimate of drug-likeness (QED) is 0.440. The van der Waals surface area contributed by atoms with E-state index in [0.29, 0.717) is 5.56 Å². The van der Waals surface area contributed by atoms with E-state index in [0.717, 1.165) is 0 Å². The molecule has 2 atom stereocenters. The van der Waals surface area contributed by atoms with Gasteiger partial charge in [0.1, 0.15) is 6.10 Å². The van der Waals surface area contributed by atoms with Crippen LogP contribution >= 0.6 is 0 Å². The third-order valence-corrected chi connectivity index (χ3v) is 1.64. The number of hydrogen-bond acceptors (Lipinski definition) is 5. The third-order valence-electron chi connectivity index (χ3n) is 1.64. The van der Waals surface area contributed by atoms with Crippen molar-refractivity contribution in [3.8, 4) is 0 Å². The second kappa shape index (κ2) is 4.13. The first kappa shape index (κ1) is 9.85. The fourth-order valence-electron chi connectivity index (χ4n) is 0.866. The summed E-state index contributed by atoms with van der Waals surface area (Å²) in [4.78, 5) is 16.2. The molecule has 0 aliphatic rings. The molecular weight excluding hydrogens is 174 g/mol. The molecule has 0 saturated carbocycles. The van der Waals surface area contributed by atoms with E-state index in [4.69, 9.17) is 10.8 Å². The molecule has 2 unspecified atom stereocenters. The highest BCUT2D eigenvalue weighted by molar-refractivity contribution is 5.08. The monoisotopic (exact) mass is 185 g/mol. The lowest BCUT2D eigenvalue weighted by atomic mass is 10.1. The summed E-state index contributed by atoms with van der Waals surface area (Å²) in [6, 6.07) is 0. The maximum Gasteiger partial charge on any atom is 0.344 e. The number of aliphatic hydroxyl groups is 2. The van der Waals surface area contributed by atoms with Crippen LogP contribution < -0.4 is 11.4 Å². The molecule has 0 fully saturated rings. The first-order valence-electron chi connectivity index (χ1n) is 3.76. The average Bonchev–Trinajstić information content (AvgIpc) is 2.17. The molecule has 6 heteroatoms. The van der Waals surface area contributed by atoms with Gasteiger partial charge < -0.3 is 20.9 Å². The maximum absolute atomic E-state index is 10.5. The van der Waals surface area contributed by atoms with Gasteiger partial charge in [-0.3, -0.25) is 0 Å². The van der Waals surface area contributed by atoms with Crippen molar-refractivity contribution in [2.75, 3.05) is 6.54 Å². The molecule has 1 aromatic rings. The van der Waals surface area contributed by atoms with Crippen molar-refractivity contribution in [1.29, 1.82) is 0 Å². The lowest BCUT2D eigenvalue weighted by Crippen LogP contribution is -2.27. The summed E-state index contributed by atoms with van der Waals surface area (Å²) in [7, 11) is 0. The van der Waals surface area contributed by atoms with Crippen LogP contribution in [0.2, 0.25) is 0 Å². The van der Waals surface area contributed by atoms with Gasteiger partial charge in [0.2, 0.25) is 0 Å². The molecule has 0 aliphatic carbocycles. The van der Waals surface area contributed by atoms with E-state index in [2.05, 4.69) is 9.97 Å². The Balaban J connectivity index is 2.83. The first-order chi connectivity index (χ1) is 6.15. The molecule has 72 valence electrons. The van der Waals surface area contributed by atoms with E-state index in [-0.39, 0.29) is 6.54 Å². The topological polar surface area (TPSA) is 112 Å². The number of rotatable bonds is 3. The second-order valence-electron chi connectivity index (χ2n) is 2.60.